The van der Waals surface area contributed by atoms with Gasteiger partial charge in [0.15, 0.2) is 6.10 Å². The van der Waals surface area contributed by atoms with Gasteiger partial charge < -0.3 is 27.9 Å². The molecule has 0 N–H and O–H groups in total. The number of quaternary nitrogens is 1. The molecule has 0 saturated heterocycles. The van der Waals surface area contributed by atoms with E-state index in [4.69, 9.17) is 18.5 Å². The Morgan fingerprint density at radius 2 is 0.750 bits per heavy atom. The number of nitrogens with zero attached hydrogens (tertiary/aromatic N) is 1. The van der Waals surface area contributed by atoms with Gasteiger partial charge in [0.2, 0.25) is 0 Å². The number of ether oxygens (including phenoxy) is 2. The Kier molecular flexibility index (Phi) is 54.8. The highest BCUT2D eigenvalue weighted by atomic mass is 31.2. The van der Waals surface area contributed by atoms with Crippen LogP contribution in [0.4, 0.5) is 0 Å². The molecule has 2 atom stereocenters. The molecule has 0 saturated carbocycles. The third-order valence-corrected chi connectivity index (χ3v) is 14.4. The minimum absolute atomic E-state index is 0.0403. The quantitative estimate of drug-likeness (QED) is 0.0195. The zero-order chi connectivity index (χ0) is 55.6. The summed E-state index contributed by atoms with van der Waals surface area (Å²) in [4.78, 5) is 37.9. The van der Waals surface area contributed by atoms with Gasteiger partial charge >= 0.3 is 11.9 Å². The van der Waals surface area contributed by atoms with Crippen molar-refractivity contribution in [3.05, 3.63) is 85.1 Å². The Morgan fingerprint density at radius 3 is 1.13 bits per heavy atom. The van der Waals surface area contributed by atoms with Crippen molar-refractivity contribution >= 4 is 19.8 Å². The maximum atomic E-state index is 12.8. The summed E-state index contributed by atoms with van der Waals surface area (Å²) in [5, 5.41) is 0. The van der Waals surface area contributed by atoms with Crippen molar-refractivity contribution in [3.8, 4) is 0 Å². The zero-order valence-corrected chi connectivity index (χ0v) is 50.8. The Labute approximate surface area is 469 Å². The second-order valence-corrected chi connectivity index (χ2v) is 23.4. The molecule has 0 bridgehead atoms. The predicted molar refractivity (Wildman–Crippen MR) is 323 cm³/mol. The Morgan fingerprint density at radius 1 is 0.421 bits per heavy atom. The van der Waals surface area contributed by atoms with E-state index < -0.39 is 32.5 Å². The lowest BCUT2D eigenvalue weighted by molar-refractivity contribution is -0.870. The van der Waals surface area contributed by atoms with Crippen molar-refractivity contribution in [2.24, 2.45) is 0 Å². The second-order valence-electron chi connectivity index (χ2n) is 22.0. The van der Waals surface area contributed by atoms with E-state index in [1.807, 2.05) is 21.1 Å². The third-order valence-electron chi connectivity index (χ3n) is 13.4. The minimum Gasteiger partial charge on any atom is -0.756 e. The average molecular weight is 1080 g/mol. The van der Waals surface area contributed by atoms with Crippen molar-refractivity contribution < 1.29 is 42.1 Å². The number of rotatable bonds is 57. The van der Waals surface area contributed by atoms with Crippen LogP contribution in [-0.2, 0) is 32.7 Å². The van der Waals surface area contributed by atoms with E-state index >= 15 is 0 Å². The molecule has 0 spiro atoms. The van der Waals surface area contributed by atoms with Gasteiger partial charge in [0.25, 0.3) is 7.82 Å². The van der Waals surface area contributed by atoms with Crippen LogP contribution < -0.4 is 4.89 Å². The van der Waals surface area contributed by atoms with Crippen LogP contribution in [0.25, 0.3) is 0 Å². The molecule has 0 aromatic heterocycles. The van der Waals surface area contributed by atoms with Crippen LogP contribution in [0.2, 0.25) is 0 Å². The number of carbonyl (C=O) groups is 2. The minimum atomic E-state index is -4.65. The zero-order valence-electron chi connectivity index (χ0n) is 49.9. The van der Waals surface area contributed by atoms with E-state index in [9.17, 15) is 19.0 Å². The molecule has 0 amide bonds. The van der Waals surface area contributed by atoms with Crippen LogP contribution in [0.5, 0.6) is 0 Å². The molecule has 0 aromatic carbocycles. The largest absolute Gasteiger partial charge is 0.756 e. The van der Waals surface area contributed by atoms with Crippen molar-refractivity contribution in [3.63, 3.8) is 0 Å². The lowest BCUT2D eigenvalue weighted by Gasteiger charge is -2.28. The fourth-order valence-electron chi connectivity index (χ4n) is 8.60. The van der Waals surface area contributed by atoms with E-state index in [0.29, 0.717) is 17.4 Å². The highest BCUT2D eigenvalue weighted by Crippen LogP contribution is 2.38. The molecule has 0 aliphatic rings. The number of unbranched alkanes of at least 4 members (excludes halogenated alkanes) is 29. The molecule has 0 fully saturated rings. The molecular weight excluding hydrogens is 966 g/mol. The van der Waals surface area contributed by atoms with Crippen LogP contribution in [-0.4, -0.2) is 70.0 Å². The number of carbonyl (C=O) groups excluding carboxylic acids is 2. The Balaban J connectivity index is 4.06. The first-order valence-corrected chi connectivity index (χ1v) is 32.8. The van der Waals surface area contributed by atoms with Gasteiger partial charge in [-0.05, 0) is 89.9 Å². The van der Waals surface area contributed by atoms with Gasteiger partial charge in [0.05, 0.1) is 27.7 Å². The van der Waals surface area contributed by atoms with E-state index in [2.05, 4.69) is 98.9 Å². The summed E-state index contributed by atoms with van der Waals surface area (Å²) in [5.41, 5.74) is 0. The number of hydrogen-bond acceptors (Lipinski definition) is 8. The molecule has 0 aliphatic carbocycles. The lowest BCUT2D eigenvalue weighted by atomic mass is 10.0. The molecule has 2 unspecified atom stereocenters. The lowest BCUT2D eigenvalue weighted by Crippen LogP contribution is -2.37. The van der Waals surface area contributed by atoms with Gasteiger partial charge in [-0.15, -0.1) is 0 Å². The van der Waals surface area contributed by atoms with E-state index in [-0.39, 0.29) is 26.1 Å². The van der Waals surface area contributed by atoms with Crippen molar-refractivity contribution in [2.75, 3.05) is 47.5 Å². The number of allylic oxidation sites excluding steroid dienone is 14. The summed E-state index contributed by atoms with van der Waals surface area (Å²) in [6.45, 7) is 4.09. The molecule has 0 rings (SSSR count). The standard InChI is InChI=1S/C66H118NO8P/c1-6-8-10-12-14-16-18-20-22-24-26-27-28-29-30-31-32-33-34-35-36-37-38-39-41-42-44-46-48-50-52-54-56-58-65(68)72-62-64(63-74-76(70,71)73-61-60-67(3,4)5)75-66(69)59-57-55-53-51-49-47-45-43-40-25-23-21-19-17-15-13-11-9-7-2/h9,11,15,17-18,20-21,23-24,26,40,43,47,49,64H,6-8,10,12-14,16,19,22,25,27-39,41-42,44-46,48,50-63H2,1-5H3/b11-9-,17-15-,20-18-,23-21-,26-24-,43-40-,49-47-. The van der Waals surface area contributed by atoms with E-state index in [1.54, 1.807) is 0 Å². The number of phosphoric ester groups is 1. The van der Waals surface area contributed by atoms with E-state index in [0.717, 1.165) is 77.0 Å². The topological polar surface area (TPSA) is 111 Å². The van der Waals surface area contributed by atoms with Gasteiger partial charge in [-0.3, -0.25) is 14.2 Å². The molecular formula is C66H118NO8P. The second kappa shape index (κ2) is 56.9. The first-order chi connectivity index (χ1) is 37.0. The fourth-order valence-corrected chi connectivity index (χ4v) is 9.33. The summed E-state index contributed by atoms with van der Waals surface area (Å²) >= 11 is 0. The van der Waals surface area contributed by atoms with Gasteiger partial charge in [0, 0.05) is 12.8 Å². The first kappa shape index (κ1) is 73.2. The molecule has 0 aromatic rings. The number of likely N-dealkylation sites (N-methyl/N-ethyl adjacent to an activating group) is 1. The van der Waals surface area contributed by atoms with E-state index in [1.165, 1.54) is 161 Å². The normalized spacial score (nSPS) is 13.8. The molecule has 0 heterocycles. The SMILES string of the molecule is CC/C=C\C/C=C\C/C=C\C/C=C\C/C=C\CCCCCC(=O)OC(COC(=O)CCCCCCCCCCCCCCCCCCCCCCC/C=C\C/C=C\CCCCCCC)COP(=O)([O-])OCC[N+](C)(C)C. The smallest absolute Gasteiger partial charge is 0.306 e. The molecule has 10 heteroatoms. The van der Waals surface area contributed by atoms with Gasteiger partial charge in [-0.25, -0.2) is 0 Å². The van der Waals surface area contributed by atoms with Crippen LogP contribution in [0.15, 0.2) is 85.1 Å². The maximum absolute atomic E-state index is 12.8. The fraction of sp³-hybridized carbons (Fsp3) is 0.758. The summed E-state index contributed by atoms with van der Waals surface area (Å²) in [5.74, 6) is -0.867. The number of esters is 2. The summed E-state index contributed by atoms with van der Waals surface area (Å²) in [7, 11) is 1.14. The summed E-state index contributed by atoms with van der Waals surface area (Å²) in [6.07, 6.45) is 76.6. The van der Waals surface area contributed by atoms with Gasteiger partial charge in [0.1, 0.15) is 19.8 Å². The molecule has 76 heavy (non-hydrogen) atoms. The molecule has 0 radical (unpaired) electrons. The summed E-state index contributed by atoms with van der Waals surface area (Å²) < 4.78 is 34.1. The van der Waals surface area contributed by atoms with Gasteiger partial charge in [-0.1, -0.05) is 253 Å². The monoisotopic (exact) mass is 1080 g/mol. The van der Waals surface area contributed by atoms with Crippen molar-refractivity contribution in [1.82, 2.24) is 0 Å². The first-order valence-electron chi connectivity index (χ1n) is 31.3. The van der Waals surface area contributed by atoms with Gasteiger partial charge in [-0.2, -0.15) is 0 Å². The molecule has 0 aliphatic heterocycles. The maximum Gasteiger partial charge on any atom is 0.306 e. The van der Waals surface area contributed by atoms with Crippen LogP contribution in [0.1, 0.15) is 271 Å². The predicted octanol–water partition coefficient (Wildman–Crippen LogP) is 19.2. The van der Waals surface area contributed by atoms with Crippen LogP contribution >= 0.6 is 7.82 Å². The van der Waals surface area contributed by atoms with Crippen molar-refractivity contribution in [1.29, 1.82) is 0 Å². The Hall–Kier alpha value is -2.81. The summed E-state index contributed by atoms with van der Waals surface area (Å²) in [6, 6.07) is 0. The third kappa shape index (κ3) is 60.4. The molecule has 440 valence electrons. The average Bonchev–Trinajstić information content (AvgIpc) is 3.38. The number of phosphoric acid groups is 1. The van der Waals surface area contributed by atoms with Crippen LogP contribution in [0, 0.1) is 0 Å². The van der Waals surface area contributed by atoms with Crippen LogP contribution in [0.3, 0.4) is 0 Å². The highest BCUT2D eigenvalue weighted by Gasteiger charge is 2.22. The Bertz CT molecular complexity index is 1560. The molecule has 9 nitrogen and oxygen atoms in total. The number of hydrogen-bond donors (Lipinski definition) is 0. The highest BCUT2D eigenvalue weighted by molar-refractivity contribution is 7.45. The van der Waals surface area contributed by atoms with Crippen molar-refractivity contribution in [2.45, 2.75) is 277 Å².